The maximum absolute atomic E-state index is 12.7. The third kappa shape index (κ3) is 4.05. The van der Waals surface area contributed by atoms with E-state index in [-0.39, 0.29) is 5.91 Å². The molecule has 1 aromatic carbocycles. The number of carbonyl (C=O) groups excluding carboxylic acids is 1. The van der Waals surface area contributed by atoms with Gasteiger partial charge in [0.05, 0.1) is 5.69 Å². The van der Waals surface area contributed by atoms with Crippen LogP contribution in [0, 0.1) is 5.92 Å². The van der Waals surface area contributed by atoms with Crippen molar-refractivity contribution in [2.45, 2.75) is 19.8 Å². The molecule has 1 aromatic heterocycles. The van der Waals surface area contributed by atoms with Gasteiger partial charge in [0.1, 0.15) is 0 Å². The van der Waals surface area contributed by atoms with E-state index in [0.717, 1.165) is 49.2 Å². The second-order valence-corrected chi connectivity index (χ2v) is 7.08. The average molecular weight is 391 g/mol. The zero-order chi connectivity index (χ0) is 16.9. The molecule has 6 heteroatoms. The summed E-state index contributed by atoms with van der Waals surface area (Å²) in [4.78, 5) is 14.6. The summed E-state index contributed by atoms with van der Waals surface area (Å²) in [6.45, 7) is 5.82. The first kappa shape index (κ1) is 17.2. The van der Waals surface area contributed by atoms with Crippen LogP contribution in [-0.2, 0) is 0 Å². The maximum atomic E-state index is 12.7. The molecular formula is C18H23BrN4O. The number of carbonyl (C=O) groups is 1. The summed E-state index contributed by atoms with van der Waals surface area (Å²) in [6, 6.07) is 9.67. The molecule has 0 aliphatic carbocycles. The van der Waals surface area contributed by atoms with E-state index in [1.165, 1.54) is 0 Å². The number of aromatic nitrogens is 2. The number of rotatable bonds is 5. The fourth-order valence-electron chi connectivity index (χ4n) is 3.05. The van der Waals surface area contributed by atoms with Crippen molar-refractivity contribution in [2.75, 3.05) is 26.2 Å². The summed E-state index contributed by atoms with van der Waals surface area (Å²) in [7, 11) is 0. The molecule has 1 N–H and O–H groups in total. The molecule has 1 aliphatic rings. The lowest BCUT2D eigenvalue weighted by Gasteiger charge is -2.31. The van der Waals surface area contributed by atoms with Crippen LogP contribution in [0.5, 0.6) is 0 Å². The Kier molecular flexibility index (Phi) is 5.68. The molecule has 3 rings (SSSR count). The number of nitrogens with zero attached hydrogens (tertiary/aromatic N) is 3. The van der Waals surface area contributed by atoms with Crippen molar-refractivity contribution in [1.29, 1.82) is 0 Å². The van der Waals surface area contributed by atoms with Gasteiger partial charge in [-0.2, -0.15) is 5.10 Å². The number of halogens is 1. The normalized spacial score (nSPS) is 15.7. The van der Waals surface area contributed by atoms with Gasteiger partial charge in [-0.1, -0.05) is 28.9 Å². The lowest BCUT2D eigenvalue weighted by Crippen LogP contribution is -2.41. The van der Waals surface area contributed by atoms with Crippen LogP contribution in [0.2, 0.25) is 0 Å². The second kappa shape index (κ2) is 7.94. The van der Waals surface area contributed by atoms with Crippen molar-refractivity contribution in [3.63, 3.8) is 0 Å². The van der Waals surface area contributed by atoms with Gasteiger partial charge in [-0.05, 0) is 56.1 Å². The van der Waals surface area contributed by atoms with Crippen LogP contribution in [-0.4, -0.2) is 46.8 Å². The number of piperidine rings is 1. The van der Waals surface area contributed by atoms with Gasteiger partial charge in [-0.3, -0.25) is 4.79 Å². The van der Waals surface area contributed by atoms with Gasteiger partial charge in [0.25, 0.3) is 5.91 Å². The monoisotopic (exact) mass is 390 g/mol. The van der Waals surface area contributed by atoms with E-state index < -0.39 is 0 Å². The molecule has 24 heavy (non-hydrogen) atoms. The van der Waals surface area contributed by atoms with Crippen LogP contribution in [0.15, 0.2) is 41.0 Å². The van der Waals surface area contributed by atoms with Crippen LogP contribution >= 0.6 is 15.9 Å². The molecule has 0 unspecified atom stereocenters. The Morgan fingerprint density at radius 1 is 1.33 bits per heavy atom. The Bertz CT molecular complexity index is 692. The van der Waals surface area contributed by atoms with E-state index in [2.05, 4.69) is 33.3 Å². The lowest BCUT2D eigenvalue weighted by atomic mass is 9.96. The van der Waals surface area contributed by atoms with Crippen LogP contribution in [0.3, 0.4) is 0 Å². The standard InChI is InChI=1S/C18H23BrN4O/c1-2-20-13-14-6-9-22(10-7-14)18(24)17-8-11-23(21-17)16-5-3-4-15(19)12-16/h3-5,8,11-12,14,20H,2,6-7,9-10,13H2,1H3. The molecule has 2 aromatic rings. The number of nitrogens with one attached hydrogen (secondary N) is 1. The van der Waals surface area contributed by atoms with Crippen LogP contribution in [0.4, 0.5) is 0 Å². The van der Waals surface area contributed by atoms with Crippen molar-refractivity contribution in [1.82, 2.24) is 20.0 Å². The first-order valence-electron chi connectivity index (χ1n) is 8.49. The van der Waals surface area contributed by atoms with Crippen LogP contribution in [0.25, 0.3) is 5.69 Å². The largest absolute Gasteiger partial charge is 0.337 e. The molecular weight excluding hydrogens is 368 g/mol. The van der Waals surface area contributed by atoms with E-state index >= 15 is 0 Å². The zero-order valence-corrected chi connectivity index (χ0v) is 15.5. The van der Waals surface area contributed by atoms with Crippen molar-refractivity contribution in [3.8, 4) is 5.69 Å². The molecule has 0 radical (unpaired) electrons. The Morgan fingerprint density at radius 3 is 2.83 bits per heavy atom. The SMILES string of the molecule is CCNCC1CCN(C(=O)c2ccn(-c3cccc(Br)c3)n2)CC1. The summed E-state index contributed by atoms with van der Waals surface area (Å²) in [5, 5.41) is 7.85. The summed E-state index contributed by atoms with van der Waals surface area (Å²) in [6.07, 6.45) is 3.96. The summed E-state index contributed by atoms with van der Waals surface area (Å²) < 4.78 is 2.74. The van der Waals surface area contributed by atoms with Gasteiger partial charge >= 0.3 is 0 Å². The molecule has 128 valence electrons. The Hall–Kier alpha value is -1.66. The molecule has 1 aliphatic heterocycles. The van der Waals surface area contributed by atoms with Crippen molar-refractivity contribution in [2.24, 2.45) is 5.92 Å². The Morgan fingerprint density at radius 2 is 2.12 bits per heavy atom. The van der Waals surface area contributed by atoms with Crippen molar-refractivity contribution < 1.29 is 4.79 Å². The number of hydrogen-bond donors (Lipinski definition) is 1. The van der Waals surface area contributed by atoms with E-state index in [4.69, 9.17) is 0 Å². The molecule has 0 spiro atoms. The first-order chi connectivity index (χ1) is 11.7. The summed E-state index contributed by atoms with van der Waals surface area (Å²) in [5.74, 6) is 0.707. The highest BCUT2D eigenvalue weighted by Gasteiger charge is 2.24. The minimum absolute atomic E-state index is 0.0330. The first-order valence-corrected chi connectivity index (χ1v) is 9.28. The zero-order valence-electron chi connectivity index (χ0n) is 13.9. The van der Waals surface area contributed by atoms with Gasteiger partial charge in [-0.15, -0.1) is 0 Å². The third-order valence-electron chi connectivity index (χ3n) is 4.47. The molecule has 1 saturated heterocycles. The highest BCUT2D eigenvalue weighted by Crippen LogP contribution is 2.19. The number of hydrogen-bond acceptors (Lipinski definition) is 3. The van der Waals surface area contributed by atoms with Crippen molar-refractivity contribution in [3.05, 3.63) is 46.7 Å². The van der Waals surface area contributed by atoms with Crippen LogP contribution < -0.4 is 5.32 Å². The van der Waals surface area contributed by atoms with E-state index in [0.29, 0.717) is 11.6 Å². The third-order valence-corrected chi connectivity index (χ3v) is 4.96. The number of likely N-dealkylation sites (tertiary alicyclic amines) is 1. The molecule has 0 saturated carbocycles. The molecule has 0 bridgehead atoms. The van der Waals surface area contributed by atoms with Crippen molar-refractivity contribution >= 4 is 21.8 Å². The topological polar surface area (TPSA) is 50.2 Å². The summed E-state index contributed by atoms with van der Waals surface area (Å²) >= 11 is 3.46. The van der Waals surface area contributed by atoms with E-state index in [9.17, 15) is 4.79 Å². The Balaban J connectivity index is 1.62. The quantitative estimate of drug-likeness (QED) is 0.852. The predicted octanol–water partition coefficient (Wildman–Crippen LogP) is 3.10. The van der Waals surface area contributed by atoms with Gasteiger partial charge in [0.2, 0.25) is 0 Å². The fourth-order valence-corrected chi connectivity index (χ4v) is 3.44. The molecule has 0 atom stereocenters. The molecule has 1 fully saturated rings. The maximum Gasteiger partial charge on any atom is 0.274 e. The summed E-state index contributed by atoms with van der Waals surface area (Å²) in [5.41, 5.74) is 1.45. The Labute approximate surface area is 151 Å². The number of benzene rings is 1. The van der Waals surface area contributed by atoms with Gasteiger partial charge in [0, 0.05) is 23.8 Å². The minimum Gasteiger partial charge on any atom is -0.337 e. The highest BCUT2D eigenvalue weighted by atomic mass is 79.9. The minimum atomic E-state index is 0.0330. The fraction of sp³-hybridized carbons (Fsp3) is 0.444. The lowest BCUT2D eigenvalue weighted by molar-refractivity contribution is 0.0684. The second-order valence-electron chi connectivity index (χ2n) is 6.17. The molecule has 2 heterocycles. The highest BCUT2D eigenvalue weighted by molar-refractivity contribution is 9.10. The van der Waals surface area contributed by atoms with Crippen LogP contribution in [0.1, 0.15) is 30.3 Å². The predicted molar refractivity (Wildman–Crippen MR) is 98.4 cm³/mol. The van der Waals surface area contributed by atoms with Gasteiger partial charge in [-0.25, -0.2) is 4.68 Å². The molecule has 1 amide bonds. The average Bonchev–Trinajstić information content (AvgIpc) is 3.10. The van der Waals surface area contributed by atoms with E-state index in [1.807, 2.05) is 35.4 Å². The van der Waals surface area contributed by atoms with E-state index in [1.54, 1.807) is 10.7 Å². The number of amides is 1. The van der Waals surface area contributed by atoms with Gasteiger partial charge < -0.3 is 10.2 Å². The molecule has 5 nitrogen and oxygen atoms in total. The van der Waals surface area contributed by atoms with Gasteiger partial charge in [0.15, 0.2) is 5.69 Å². The smallest absolute Gasteiger partial charge is 0.274 e.